The third kappa shape index (κ3) is 2.34. The van der Waals surface area contributed by atoms with Crippen molar-refractivity contribution < 1.29 is 14.7 Å². The van der Waals surface area contributed by atoms with Gasteiger partial charge < -0.3 is 5.11 Å². The van der Waals surface area contributed by atoms with Crippen molar-refractivity contribution in [2.75, 3.05) is 11.5 Å². The zero-order valence-corrected chi connectivity index (χ0v) is 11.8. The first kappa shape index (κ1) is 13.8. The molecule has 1 saturated carbocycles. The van der Waals surface area contributed by atoms with E-state index in [0.29, 0.717) is 12.1 Å². The Hall–Kier alpha value is -2.12. The first-order chi connectivity index (χ1) is 10.2. The highest BCUT2D eigenvalue weighted by molar-refractivity contribution is 6.22. The van der Waals surface area contributed by atoms with Crippen LogP contribution >= 0.6 is 0 Å². The Morgan fingerprint density at radius 1 is 1.14 bits per heavy atom. The van der Waals surface area contributed by atoms with E-state index in [-0.39, 0.29) is 18.4 Å². The highest BCUT2D eigenvalue weighted by Crippen LogP contribution is 2.47. The van der Waals surface area contributed by atoms with E-state index in [9.17, 15) is 9.59 Å². The van der Waals surface area contributed by atoms with Crippen molar-refractivity contribution in [1.29, 1.82) is 0 Å². The summed E-state index contributed by atoms with van der Waals surface area (Å²) in [6.45, 7) is -0.187. The minimum Gasteiger partial charge on any atom is -0.384 e. The van der Waals surface area contributed by atoms with E-state index in [0.717, 1.165) is 31.2 Å². The van der Waals surface area contributed by atoms with E-state index < -0.39 is 5.41 Å². The number of amides is 2. The van der Waals surface area contributed by atoms with Gasteiger partial charge in [-0.15, -0.1) is 0 Å². The Kier molecular flexibility index (Phi) is 3.52. The van der Waals surface area contributed by atoms with Crippen LogP contribution in [0.4, 0.5) is 5.69 Å². The van der Waals surface area contributed by atoms with Crippen LogP contribution in [-0.2, 0) is 9.59 Å². The van der Waals surface area contributed by atoms with Gasteiger partial charge in [0, 0.05) is 12.0 Å². The Morgan fingerprint density at radius 2 is 1.81 bits per heavy atom. The second-order valence-corrected chi connectivity index (χ2v) is 5.71. The molecule has 21 heavy (non-hydrogen) atoms. The van der Waals surface area contributed by atoms with Gasteiger partial charge in [0.25, 0.3) is 0 Å². The lowest BCUT2D eigenvalue weighted by atomic mass is 9.84. The summed E-state index contributed by atoms with van der Waals surface area (Å²) < 4.78 is 0. The quantitative estimate of drug-likeness (QED) is 0.632. The summed E-state index contributed by atoms with van der Waals surface area (Å²) in [6, 6.07) is 7.01. The smallest absolute Gasteiger partial charge is 0.240 e. The van der Waals surface area contributed by atoms with Crippen molar-refractivity contribution in [3.63, 3.8) is 0 Å². The number of aliphatic hydroxyl groups is 1. The molecule has 0 atom stereocenters. The summed E-state index contributed by atoms with van der Waals surface area (Å²) in [5.41, 5.74) is 0.928. The molecule has 1 N–H and O–H groups in total. The molecule has 108 valence electrons. The normalized spacial score (nSPS) is 20.0. The van der Waals surface area contributed by atoms with Crippen molar-refractivity contribution in [2.45, 2.75) is 32.1 Å². The van der Waals surface area contributed by atoms with Crippen LogP contribution in [0.3, 0.4) is 0 Å². The number of rotatable bonds is 1. The number of imide groups is 1. The van der Waals surface area contributed by atoms with E-state index in [1.165, 1.54) is 4.90 Å². The summed E-state index contributed by atoms with van der Waals surface area (Å²) in [5, 5.41) is 8.67. The van der Waals surface area contributed by atoms with E-state index in [2.05, 4.69) is 11.8 Å². The van der Waals surface area contributed by atoms with Crippen LogP contribution in [0.2, 0.25) is 0 Å². The number of anilines is 1. The molecule has 1 aliphatic heterocycles. The molecule has 4 nitrogen and oxygen atoms in total. The first-order valence-electron chi connectivity index (χ1n) is 7.23. The molecule has 1 aromatic carbocycles. The maximum absolute atomic E-state index is 12.6. The maximum Gasteiger partial charge on any atom is 0.240 e. The topological polar surface area (TPSA) is 57.6 Å². The molecule has 1 heterocycles. The van der Waals surface area contributed by atoms with Crippen LogP contribution in [0.25, 0.3) is 0 Å². The Labute approximate surface area is 123 Å². The number of nitrogens with zero attached hydrogens (tertiary/aromatic N) is 1. The SMILES string of the molecule is O=C1CC2(CCCC2)C(=O)N1c1ccc(C#CCO)cc1. The predicted octanol–water partition coefficient (Wildman–Crippen LogP) is 1.85. The minimum atomic E-state index is -0.438. The summed E-state index contributed by atoms with van der Waals surface area (Å²) in [7, 11) is 0. The minimum absolute atomic E-state index is 0.0424. The fourth-order valence-corrected chi connectivity index (χ4v) is 3.33. The van der Waals surface area contributed by atoms with Crippen LogP contribution < -0.4 is 4.90 Å². The molecule has 0 bridgehead atoms. The van der Waals surface area contributed by atoms with Gasteiger partial charge >= 0.3 is 0 Å². The summed E-state index contributed by atoms with van der Waals surface area (Å²) in [4.78, 5) is 26.2. The second kappa shape index (κ2) is 5.34. The van der Waals surface area contributed by atoms with E-state index >= 15 is 0 Å². The monoisotopic (exact) mass is 283 g/mol. The average Bonchev–Trinajstić information content (AvgIpc) is 3.04. The Balaban J connectivity index is 1.86. The van der Waals surface area contributed by atoms with Crippen molar-refractivity contribution >= 4 is 17.5 Å². The van der Waals surface area contributed by atoms with Gasteiger partial charge in [-0.1, -0.05) is 24.7 Å². The lowest BCUT2D eigenvalue weighted by molar-refractivity contribution is -0.125. The molecule has 4 heteroatoms. The fraction of sp³-hybridized carbons (Fsp3) is 0.412. The van der Waals surface area contributed by atoms with E-state index in [1.54, 1.807) is 24.3 Å². The van der Waals surface area contributed by atoms with Crippen LogP contribution in [0.15, 0.2) is 24.3 Å². The zero-order chi connectivity index (χ0) is 14.9. The summed E-state index contributed by atoms with van der Waals surface area (Å²) in [6.07, 6.45) is 4.06. The molecule has 0 unspecified atom stereocenters. The number of carbonyl (C=O) groups is 2. The van der Waals surface area contributed by atoms with E-state index in [1.807, 2.05) is 0 Å². The van der Waals surface area contributed by atoms with Gasteiger partial charge in [-0.05, 0) is 37.1 Å². The molecule has 2 amide bonds. The Bertz CT molecular complexity index is 630. The van der Waals surface area contributed by atoms with Crippen molar-refractivity contribution in [1.82, 2.24) is 0 Å². The molecule has 1 spiro atoms. The lowest BCUT2D eigenvalue weighted by Gasteiger charge is -2.20. The Morgan fingerprint density at radius 3 is 2.43 bits per heavy atom. The number of hydrogen-bond donors (Lipinski definition) is 1. The number of aliphatic hydroxyl groups excluding tert-OH is 1. The molecular weight excluding hydrogens is 266 g/mol. The maximum atomic E-state index is 12.6. The molecule has 0 radical (unpaired) electrons. The first-order valence-corrected chi connectivity index (χ1v) is 7.23. The molecule has 1 aliphatic carbocycles. The third-order valence-electron chi connectivity index (χ3n) is 4.39. The number of carbonyl (C=O) groups excluding carboxylic acids is 2. The highest BCUT2D eigenvalue weighted by Gasteiger charge is 2.52. The molecule has 0 aromatic heterocycles. The van der Waals surface area contributed by atoms with Gasteiger partial charge in [0.05, 0.1) is 11.1 Å². The van der Waals surface area contributed by atoms with Gasteiger partial charge in [-0.3, -0.25) is 14.5 Å². The summed E-state index contributed by atoms with van der Waals surface area (Å²) in [5.74, 6) is 5.22. The largest absolute Gasteiger partial charge is 0.384 e. The van der Waals surface area contributed by atoms with Crippen LogP contribution in [-0.4, -0.2) is 23.5 Å². The van der Waals surface area contributed by atoms with E-state index in [4.69, 9.17) is 5.11 Å². The second-order valence-electron chi connectivity index (χ2n) is 5.71. The molecule has 2 fully saturated rings. The van der Waals surface area contributed by atoms with Gasteiger partial charge in [0.1, 0.15) is 6.61 Å². The van der Waals surface area contributed by atoms with Crippen molar-refractivity contribution in [3.8, 4) is 11.8 Å². The van der Waals surface area contributed by atoms with Gasteiger partial charge in [-0.25, -0.2) is 0 Å². The van der Waals surface area contributed by atoms with Gasteiger partial charge in [0.15, 0.2) is 0 Å². The van der Waals surface area contributed by atoms with Gasteiger partial charge in [0.2, 0.25) is 11.8 Å². The highest BCUT2D eigenvalue weighted by atomic mass is 16.2. The fourth-order valence-electron chi connectivity index (χ4n) is 3.33. The van der Waals surface area contributed by atoms with Crippen LogP contribution in [0.1, 0.15) is 37.7 Å². The molecule has 2 aliphatic rings. The molecular formula is C17H17NO3. The predicted molar refractivity (Wildman–Crippen MR) is 78.4 cm³/mol. The van der Waals surface area contributed by atoms with Crippen molar-refractivity contribution in [3.05, 3.63) is 29.8 Å². The molecule has 3 rings (SSSR count). The number of benzene rings is 1. The summed E-state index contributed by atoms with van der Waals surface area (Å²) >= 11 is 0. The van der Waals surface area contributed by atoms with Gasteiger partial charge in [-0.2, -0.15) is 0 Å². The van der Waals surface area contributed by atoms with Crippen LogP contribution in [0, 0.1) is 17.3 Å². The zero-order valence-electron chi connectivity index (χ0n) is 11.8. The lowest BCUT2D eigenvalue weighted by Crippen LogP contribution is -2.34. The van der Waals surface area contributed by atoms with Crippen molar-refractivity contribution in [2.24, 2.45) is 5.41 Å². The third-order valence-corrected chi connectivity index (χ3v) is 4.39. The molecule has 1 saturated heterocycles. The van der Waals surface area contributed by atoms with Crippen LogP contribution in [0.5, 0.6) is 0 Å². The number of hydrogen-bond acceptors (Lipinski definition) is 3. The molecule has 1 aromatic rings. The standard InChI is InChI=1S/C17H17NO3/c19-11-3-4-13-5-7-14(8-6-13)18-15(20)12-17(16(18)21)9-1-2-10-17/h5-8,19H,1-2,9-12H2. The average molecular weight is 283 g/mol.